The summed E-state index contributed by atoms with van der Waals surface area (Å²) in [5, 5.41) is 9.47. The van der Waals surface area contributed by atoms with Crippen LogP contribution in [0.1, 0.15) is 189 Å². The lowest BCUT2D eigenvalue weighted by Gasteiger charge is -2.19. The number of ether oxygens (including phenoxy) is 1. The van der Waals surface area contributed by atoms with Gasteiger partial charge in [0.1, 0.15) is 6.10 Å². The molecule has 0 saturated carbocycles. The van der Waals surface area contributed by atoms with E-state index < -0.39 is 11.9 Å². The van der Waals surface area contributed by atoms with E-state index in [9.17, 15) is 14.7 Å². The molecule has 0 aromatic heterocycles. The van der Waals surface area contributed by atoms with Crippen molar-refractivity contribution in [1.29, 1.82) is 0 Å². The van der Waals surface area contributed by atoms with Crippen LogP contribution < -0.4 is 0 Å². The van der Waals surface area contributed by atoms with Crippen molar-refractivity contribution in [2.75, 3.05) is 0 Å². The molecule has 0 radical (unpaired) electrons. The van der Waals surface area contributed by atoms with Crippen molar-refractivity contribution in [3.63, 3.8) is 0 Å². The largest absolute Gasteiger partial charge is 0.478 e. The molecule has 4 nitrogen and oxygen atoms in total. The van der Waals surface area contributed by atoms with E-state index >= 15 is 0 Å². The number of carbonyl (C=O) groups excluding carboxylic acids is 1. The molecular weight excluding hydrogens is 496 g/mol. The molecule has 40 heavy (non-hydrogen) atoms. The monoisotopic (exact) mass is 558 g/mol. The first-order chi connectivity index (χ1) is 19.5. The summed E-state index contributed by atoms with van der Waals surface area (Å²) in [5.41, 5.74) is 0.175. The number of aromatic carboxylic acids is 1. The average Bonchev–Trinajstić information content (AvgIpc) is 2.94. The number of rotatable bonds is 27. The Balaban J connectivity index is 2.30. The molecule has 0 aliphatic heterocycles. The van der Waals surface area contributed by atoms with Gasteiger partial charge < -0.3 is 9.84 Å². The standard InChI is InChI=1S/C36H62O4/c1-4-5-6-7-8-9-10-11-12-13-14-15-16-19-22-27-32(28-23-20-17-18-21-26-31(2)3)40-36(39)34-30-25-24-29-33(34)35(37)38/h24-25,29-32H,4-23,26-28H2,1-3H3,(H,37,38). The smallest absolute Gasteiger partial charge is 0.339 e. The molecule has 1 aromatic carbocycles. The van der Waals surface area contributed by atoms with Gasteiger partial charge in [-0.15, -0.1) is 0 Å². The molecule has 1 rings (SSSR count). The van der Waals surface area contributed by atoms with Gasteiger partial charge in [-0.2, -0.15) is 0 Å². The topological polar surface area (TPSA) is 63.6 Å². The Hall–Kier alpha value is -1.84. The highest BCUT2D eigenvalue weighted by atomic mass is 16.5. The molecule has 1 aromatic rings. The van der Waals surface area contributed by atoms with E-state index in [1.54, 1.807) is 18.2 Å². The summed E-state index contributed by atoms with van der Waals surface area (Å²) in [6, 6.07) is 6.38. The van der Waals surface area contributed by atoms with Gasteiger partial charge >= 0.3 is 11.9 Å². The molecule has 1 N–H and O–H groups in total. The first kappa shape index (κ1) is 36.2. The molecule has 4 heteroatoms. The molecule has 1 atom stereocenters. The summed E-state index contributed by atoms with van der Waals surface area (Å²) in [7, 11) is 0. The van der Waals surface area contributed by atoms with Crippen LogP contribution in [-0.2, 0) is 4.74 Å². The lowest BCUT2D eigenvalue weighted by molar-refractivity contribution is 0.0244. The fourth-order valence-corrected chi connectivity index (χ4v) is 5.52. The average molecular weight is 559 g/mol. The molecule has 0 saturated heterocycles. The summed E-state index contributed by atoms with van der Waals surface area (Å²) >= 11 is 0. The molecule has 0 fully saturated rings. The fourth-order valence-electron chi connectivity index (χ4n) is 5.52. The maximum Gasteiger partial charge on any atom is 0.339 e. The van der Waals surface area contributed by atoms with Gasteiger partial charge in [0, 0.05) is 0 Å². The van der Waals surface area contributed by atoms with Crippen LogP contribution in [0.15, 0.2) is 24.3 Å². The Labute approximate surface area is 247 Å². The van der Waals surface area contributed by atoms with E-state index in [-0.39, 0.29) is 17.2 Å². The zero-order valence-corrected chi connectivity index (χ0v) is 26.4. The Morgan fingerprint density at radius 2 is 0.975 bits per heavy atom. The van der Waals surface area contributed by atoms with E-state index in [4.69, 9.17) is 4.74 Å². The van der Waals surface area contributed by atoms with Crippen molar-refractivity contribution in [2.24, 2.45) is 5.92 Å². The van der Waals surface area contributed by atoms with Crippen LogP contribution in [0, 0.1) is 5.92 Å². The van der Waals surface area contributed by atoms with E-state index in [0.29, 0.717) is 0 Å². The van der Waals surface area contributed by atoms with Crippen LogP contribution in [0.3, 0.4) is 0 Å². The van der Waals surface area contributed by atoms with Crippen LogP contribution >= 0.6 is 0 Å². The molecule has 230 valence electrons. The first-order valence-corrected chi connectivity index (χ1v) is 17.0. The lowest BCUT2D eigenvalue weighted by atomic mass is 10.00. The summed E-state index contributed by atoms with van der Waals surface area (Å²) in [6.07, 6.45) is 28.9. The molecule has 0 spiro atoms. The number of unbranched alkanes of at least 4 members (excludes halogenated alkanes) is 18. The molecule has 0 heterocycles. The third kappa shape index (κ3) is 19.3. The van der Waals surface area contributed by atoms with Crippen LogP contribution in [0.2, 0.25) is 0 Å². The van der Waals surface area contributed by atoms with Gasteiger partial charge in [-0.05, 0) is 43.7 Å². The van der Waals surface area contributed by atoms with Gasteiger partial charge in [0.05, 0.1) is 11.1 Å². The molecule has 0 bridgehead atoms. The van der Waals surface area contributed by atoms with Crippen LogP contribution in [0.25, 0.3) is 0 Å². The molecule has 0 aliphatic carbocycles. The maximum atomic E-state index is 12.9. The molecule has 1 unspecified atom stereocenters. The number of carboxylic acids is 1. The molecule has 0 amide bonds. The second-order valence-electron chi connectivity index (χ2n) is 12.4. The van der Waals surface area contributed by atoms with E-state index in [2.05, 4.69) is 20.8 Å². The molecule has 0 aliphatic rings. The lowest BCUT2D eigenvalue weighted by Crippen LogP contribution is -2.20. The minimum atomic E-state index is -1.09. The maximum absolute atomic E-state index is 12.9. The van der Waals surface area contributed by atoms with Crippen molar-refractivity contribution in [1.82, 2.24) is 0 Å². The minimum absolute atomic E-state index is 0.0170. The predicted octanol–water partition coefficient (Wildman–Crippen LogP) is 11.6. The highest BCUT2D eigenvalue weighted by molar-refractivity contribution is 6.02. The summed E-state index contributed by atoms with van der Waals surface area (Å²) in [6.45, 7) is 6.83. The van der Waals surface area contributed by atoms with E-state index in [1.165, 1.54) is 122 Å². The fraction of sp³-hybridized carbons (Fsp3) is 0.778. The van der Waals surface area contributed by atoms with Crippen LogP contribution in [-0.4, -0.2) is 23.1 Å². The van der Waals surface area contributed by atoms with Crippen molar-refractivity contribution < 1.29 is 19.4 Å². The zero-order valence-electron chi connectivity index (χ0n) is 26.4. The highest BCUT2D eigenvalue weighted by Crippen LogP contribution is 2.20. The Morgan fingerprint density at radius 3 is 1.38 bits per heavy atom. The van der Waals surface area contributed by atoms with Gasteiger partial charge in [-0.3, -0.25) is 0 Å². The second-order valence-corrected chi connectivity index (χ2v) is 12.4. The summed E-state index contributed by atoms with van der Waals surface area (Å²) < 4.78 is 5.90. The first-order valence-electron chi connectivity index (χ1n) is 17.0. The van der Waals surface area contributed by atoms with Gasteiger partial charge in [0.25, 0.3) is 0 Å². The Kier molecular flexibility index (Phi) is 22.5. The van der Waals surface area contributed by atoms with Gasteiger partial charge in [0.2, 0.25) is 0 Å². The van der Waals surface area contributed by atoms with Gasteiger partial charge in [-0.1, -0.05) is 155 Å². The Morgan fingerprint density at radius 1 is 0.600 bits per heavy atom. The molecular formula is C36H62O4. The number of carboxylic acid groups (broad SMARTS) is 1. The number of esters is 1. The number of benzene rings is 1. The highest BCUT2D eigenvalue weighted by Gasteiger charge is 2.21. The second kappa shape index (κ2) is 24.9. The van der Waals surface area contributed by atoms with Crippen LogP contribution in [0.5, 0.6) is 0 Å². The zero-order chi connectivity index (χ0) is 29.3. The number of carbonyl (C=O) groups is 2. The minimum Gasteiger partial charge on any atom is -0.478 e. The van der Waals surface area contributed by atoms with Gasteiger partial charge in [-0.25, -0.2) is 9.59 Å². The van der Waals surface area contributed by atoms with Crippen LogP contribution in [0.4, 0.5) is 0 Å². The number of hydrogen-bond donors (Lipinski definition) is 1. The van der Waals surface area contributed by atoms with Crippen molar-refractivity contribution in [2.45, 2.75) is 175 Å². The normalized spacial score (nSPS) is 12.1. The van der Waals surface area contributed by atoms with Crippen molar-refractivity contribution in [3.05, 3.63) is 35.4 Å². The van der Waals surface area contributed by atoms with Gasteiger partial charge in [0.15, 0.2) is 0 Å². The van der Waals surface area contributed by atoms with Crippen molar-refractivity contribution >= 4 is 11.9 Å². The van der Waals surface area contributed by atoms with E-state index in [1.807, 2.05) is 0 Å². The third-order valence-corrected chi connectivity index (χ3v) is 8.09. The number of hydrogen-bond acceptors (Lipinski definition) is 3. The predicted molar refractivity (Wildman–Crippen MR) is 169 cm³/mol. The summed E-state index contributed by atoms with van der Waals surface area (Å²) in [5.74, 6) is -0.818. The third-order valence-electron chi connectivity index (χ3n) is 8.09. The quantitative estimate of drug-likeness (QED) is 0.0861. The Bertz CT molecular complexity index is 757. The SMILES string of the molecule is CCCCCCCCCCCCCCCCCC(CCCCCCCC(C)C)OC(=O)c1ccccc1C(=O)O. The van der Waals surface area contributed by atoms with Crippen molar-refractivity contribution in [3.8, 4) is 0 Å². The van der Waals surface area contributed by atoms with E-state index in [0.717, 1.165) is 38.0 Å². The summed E-state index contributed by atoms with van der Waals surface area (Å²) in [4.78, 5) is 24.5.